The van der Waals surface area contributed by atoms with Crippen molar-refractivity contribution in [1.82, 2.24) is 4.90 Å². The van der Waals surface area contributed by atoms with E-state index in [9.17, 15) is 18.0 Å². The van der Waals surface area contributed by atoms with Crippen LogP contribution in [0, 0.1) is 0 Å². The number of carbonyl (C=O) groups excluding carboxylic acids is 1. The molecule has 8 heteroatoms. The van der Waals surface area contributed by atoms with Crippen LogP contribution in [0.3, 0.4) is 0 Å². The fourth-order valence-electron chi connectivity index (χ4n) is 2.48. The van der Waals surface area contributed by atoms with Gasteiger partial charge in [-0.05, 0) is 32.9 Å². The van der Waals surface area contributed by atoms with Crippen LogP contribution in [0.1, 0.15) is 26.3 Å². The van der Waals surface area contributed by atoms with E-state index in [0.29, 0.717) is 31.9 Å². The standard InChI is InChI=1S/C16H20BF3N2O2/c1-15(2,3)24-14(23)22-8-6-21(7-9-22)13-5-4-11(10-12(13)17)16(18,19)20/h4-5,10H,6-9H2,1-3H3. The minimum absolute atomic E-state index is 0.0792. The molecular formula is C16H20BF3N2O2. The van der Waals surface area contributed by atoms with Gasteiger partial charge in [-0.3, -0.25) is 0 Å². The number of benzene rings is 1. The maximum atomic E-state index is 12.7. The lowest BCUT2D eigenvalue weighted by atomic mass is 9.91. The third kappa shape index (κ3) is 4.58. The summed E-state index contributed by atoms with van der Waals surface area (Å²) in [6.07, 6.45) is -4.80. The zero-order valence-corrected chi connectivity index (χ0v) is 14.0. The number of carbonyl (C=O) groups is 1. The van der Waals surface area contributed by atoms with Gasteiger partial charge in [-0.15, -0.1) is 0 Å². The zero-order valence-electron chi connectivity index (χ0n) is 14.0. The Labute approximate surface area is 141 Å². The van der Waals surface area contributed by atoms with Crippen molar-refractivity contribution in [2.45, 2.75) is 32.5 Å². The second-order valence-electron chi connectivity index (χ2n) is 6.73. The molecule has 1 fully saturated rings. The quantitative estimate of drug-likeness (QED) is 0.737. The zero-order chi connectivity index (χ0) is 18.1. The number of piperazine rings is 1. The van der Waals surface area contributed by atoms with Crippen molar-refractivity contribution >= 4 is 25.1 Å². The number of halogens is 3. The Kier molecular flexibility index (Phi) is 5.06. The van der Waals surface area contributed by atoms with Crippen molar-refractivity contribution in [3.8, 4) is 0 Å². The molecule has 4 nitrogen and oxygen atoms in total. The molecule has 0 saturated carbocycles. The molecule has 2 radical (unpaired) electrons. The number of anilines is 1. The van der Waals surface area contributed by atoms with Crippen LogP contribution in [0.4, 0.5) is 23.7 Å². The van der Waals surface area contributed by atoms with Gasteiger partial charge in [0.05, 0.1) is 5.56 Å². The van der Waals surface area contributed by atoms with Gasteiger partial charge in [0.15, 0.2) is 0 Å². The van der Waals surface area contributed by atoms with E-state index in [0.717, 1.165) is 12.1 Å². The van der Waals surface area contributed by atoms with Gasteiger partial charge in [0.2, 0.25) is 0 Å². The molecule has 24 heavy (non-hydrogen) atoms. The first-order chi connectivity index (χ1) is 11.0. The molecule has 0 spiro atoms. The highest BCUT2D eigenvalue weighted by Crippen LogP contribution is 2.29. The van der Waals surface area contributed by atoms with E-state index in [1.165, 1.54) is 6.07 Å². The first kappa shape index (κ1) is 18.5. The highest BCUT2D eigenvalue weighted by atomic mass is 19.4. The van der Waals surface area contributed by atoms with Crippen LogP contribution in [0.25, 0.3) is 0 Å². The second kappa shape index (κ2) is 6.57. The third-order valence-corrected chi connectivity index (χ3v) is 3.63. The summed E-state index contributed by atoms with van der Waals surface area (Å²) in [7, 11) is 5.78. The topological polar surface area (TPSA) is 32.8 Å². The van der Waals surface area contributed by atoms with Crippen molar-refractivity contribution < 1.29 is 22.7 Å². The van der Waals surface area contributed by atoms with Gasteiger partial charge in [-0.1, -0.05) is 11.5 Å². The number of hydrogen-bond acceptors (Lipinski definition) is 3. The Hall–Kier alpha value is -1.86. The van der Waals surface area contributed by atoms with Crippen molar-refractivity contribution in [1.29, 1.82) is 0 Å². The van der Waals surface area contributed by atoms with Crippen molar-refractivity contribution in [3.05, 3.63) is 23.8 Å². The maximum absolute atomic E-state index is 12.7. The minimum Gasteiger partial charge on any atom is -0.444 e. The molecule has 0 atom stereocenters. The van der Waals surface area contributed by atoms with E-state index in [1.807, 2.05) is 4.90 Å². The summed E-state index contributed by atoms with van der Waals surface area (Å²) in [6, 6.07) is 3.34. The molecule has 1 aromatic rings. The molecule has 1 saturated heterocycles. The lowest BCUT2D eigenvalue weighted by Crippen LogP contribution is -2.51. The van der Waals surface area contributed by atoms with Gasteiger partial charge in [0.1, 0.15) is 13.4 Å². The number of hydrogen-bond donors (Lipinski definition) is 0. The molecule has 1 aliphatic rings. The summed E-state index contributed by atoms with van der Waals surface area (Å²) in [6.45, 7) is 7.20. The highest BCUT2D eigenvalue weighted by molar-refractivity contribution is 6.36. The first-order valence-corrected chi connectivity index (χ1v) is 7.67. The number of nitrogens with zero attached hydrogens (tertiary/aromatic N) is 2. The Balaban J connectivity index is 2.01. The Bertz CT molecular complexity index is 606. The van der Waals surface area contributed by atoms with Crippen LogP contribution in [-0.2, 0) is 10.9 Å². The lowest BCUT2D eigenvalue weighted by Gasteiger charge is -2.37. The summed E-state index contributed by atoms with van der Waals surface area (Å²) in [4.78, 5) is 15.5. The average Bonchev–Trinajstić information content (AvgIpc) is 2.44. The normalized spacial score (nSPS) is 16.2. The Morgan fingerprint density at radius 2 is 1.71 bits per heavy atom. The molecule has 0 N–H and O–H groups in total. The Morgan fingerprint density at radius 3 is 2.17 bits per heavy atom. The average molecular weight is 340 g/mol. The van der Waals surface area contributed by atoms with E-state index in [4.69, 9.17) is 12.6 Å². The summed E-state index contributed by atoms with van der Waals surface area (Å²) in [5, 5.41) is 0. The largest absolute Gasteiger partial charge is 0.444 e. The highest BCUT2D eigenvalue weighted by Gasteiger charge is 2.31. The Morgan fingerprint density at radius 1 is 1.12 bits per heavy atom. The summed E-state index contributed by atoms with van der Waals surface area (Å²) in [5.74, 6) is 0. The van der Waals surface area contributed by atoms with Crippen molar-refractivity contribution in [2.75, 3.05) is 31.1 Å². The van der Waals surface area contributed by atoms with Crippen LogP contribution in [0.15, 0.2) is 18.2 Å². The molecule has 130 valence electrons. The number of alkyl halides is 3. The molecular weight excluding hydrogens is 320 g/mol. The minimum atomic E-state index is -4.41. The summed E-state index contributed by atoms with van der Waals surface area (Å²) < 4.78 is 43.4. The van der Waals surface area contributed by atoms with Crippen LogP contribution < -0.4 is 10.4 Å². The van der Waals surface area contributed by atoms with Gasteiger partial charge in [-0.25, -0.2) is 4.79 Å². The van der Waals surface area contributed by atoms with Gasteiger partial charge < -0.3 is 14.5 Å². The summed E-state index contributed by atoms with van der Waals surface area (Å²) in [5.41, 5.74) is -0.704. The van der Waals surface area contributed by atoms with Gasteiger partial charge in [-0.2, -0.15) is 13.2 Å². The van der Waals surface area contributed by atoms with E-state index in [-0.39, 0.29) is 11.6 Å². The predicted octanol–water partition coefficient (Wildman–Crippen LogP) is 2.56. The number of rotatable bonds is 1. The first-order valence-electron chi connectivity index (χ1n) is 7.67. The van der Waals surface area contributed by atoms with Gasteiger partial charge >= 0.3 is 12.3 Å². The van der Waals surface area contributed by atoms with E-state index in [1.54, 1.807) is 25.7 Å². The van der Waals surface area contributed by atoms with E-state index >= 15 is 0 Å². The molecule has 0 aliphatic carbocycles. The monoisotopic (exact) mass is 340 g/mol. The molecule has 1 aliphatic heterocycles. The fraction of sp³-hybridized carbons (Fsp3) is 0.562. The predicted molar refractivity (Wildman–Crippen MR) is 86.9 cm³/mol. The molecule has 1 amide bonds. The van der Waals surface area contributed by atoms with Crippen molar-refractivity contribution in [3.63, 3.8) is 0 Å². The van der Waals surface area contributed by atoms with Crippen LogP contribution in [-0.4, -0.2) is 50.6 Å². The van der Waals surface area contributed by atoms with Gasteiger partial charge in [0.25, 0.3) is 0 Å². The fourth-order valence-corrected chi connectivity index (χ4v) is 2.48. The third-order valence-electron chi connectivity index (χ3n) is 3.63. The number of amides is 1. The second-order valence-corrected chi connectivity index (χ2v) is 6.73. The summed E-state index contributed by atoms with van der Waals surface area (Å²) >= 11 is 0. The van der Waals surface area contributed by atoms with E-state index in [2.05, 4.69) is 0 Å². The van der Waals surface area contributed by atoms with Crippen molar-refractivity contribution in [2.24, 2.45) is 0 Å². The molecule has 1 heterocycles. The molecule has 1 aromatic carbocycles. The lowest BCUT2D eigenvalue weighted by molar-refractivity contribution is -0.137. The number of ether oxygens (including phenoxy) is 1. The van der Waals surface area contributed by atoms with Crippen LogP contribution >= 0.6 is 0 Å². The maximum Gasteiger partial charge on any atom is 0.416 e. The SMILES string of the molecule is [B]c1cc(C(F)(F)F)ccc1N1CCN(C(=O)OC(C)(C)C)CC1. The van der Waals surface area contributed by atoms with Gasteiger partial charge in [0, 0.05) is 31.9 Å². The molecule has 0 unspecified atom stereocenters. The smallest absolute Gasteiger partial charge is 0.416 e. The van der Waals surface area contributed by atoms with E-state index < -0.39 is 17.3 Å². The molecule has 2 rings (SSSR count). The van der Waals surface area contributed by atoms with Crippen LogP contribution in [0.5, 0.6) is 0 Å². The molecule has 0 bridgehead atoms. The van der Waals surface area contributed by atoms with Crippen LogP contribution in [0.2, 0.25) is 0 Å². The molecule has 0 aromatic heterocycles.